The lowest BCUT2D eigenvalue weighted by Crippen LogP contribution is -2.24. The van der Waals surface area contributed by atoms with E-state index in [1.165, 1.54) is 0 Å². The molecule has 2 rings (SSSR count). The lowest BCUT2D eigenvalue weighted by Gasteiger charge is -2.25. The maximum atomic E-state index is 9.85. The Kier molecular flexibility index (Phi) is 3.32. The molecular formula is C15H20N2O. The molecule has 0 saturated carbocycles. The van der Waals surface area contributed by atoms with Crippen molar-refractivity contribution >= 4 is 5.69 Å². The third-order valence-electron chi connectivity index (χ3n) is 3.63. The normalized spacial score (nSPS) is 19.6. The van der Waals surface area contributed by atoms with Gasteiger partial charge < -0.3 is 10.0 Å². The molecule has 18 heavy (non-hydrogen) atoms. The summed E-state index contributed by atoms with van der Waals surface area (Å²) in [7, 11) is 0. The Morgan fingerprint density at radius 2 is 2.17 bits per heavy atom. The lowest BCUT2D eigenvalue weighted by atomic mass is 9.93. The van der Waals surface area contributed by atoms with Gasteiger partial charge in [-0.3, -0.25) is 0 Å². The predicted octanol–water partition coefficient (Wildman–Crippen LogP) is 2.85. The molecule has 1 N–H and O–H groups in total. The largest absolute Gasteiger partial charge is 0.389 e. The second-order valence-electron chi connectivity index (χ2n) is 5.90. The highest BCUT2D eigenvalue weighted by molar-refractivity contribution is 5.59. The molecule has 1 aliphatic heterocycles. The third-order valence-corrected chi connectivity index (χ3v) is 3.63. The first-order valence-electron chi connectivity index (χ1n) is 6.40. The molecule has 0 radical (unpaired) electrons. The number of nitrogens with zero attached hydrogens (tertiary/aromatic N) is 2. The van der Waals surface area contributed by atoms with Crippen LogP contribution in [0.15, 0.2) is 18.2 Å². The van der Waals surface area contributed by atoms with Crippen LogP contribution >= 0.6 is 0 Å². The minimum absolute atomic E-state index is 0.304. The number of benzene rings is 1. The smallest absolute Gasteiger partial charge is 0.0992 e. The molecule has 3 nitrogen and oxygen atoms in total. The maximum Gasteiger partial charge on any atom is 0.0992 e. The van der Waals surface area contributed by atoms with Crippen molar-refractivity contribution in [2.45, 2.75) is 33.3 Å². The zero-order chi connectivity index (χ0) is 13.3. The first kappa shape index (κ1) is 12.9. The van der Waals surface area contributed by atoms with Crippen molar-refractivity contribution in [3.8, 4) is 6.07 Å². The van der Waals surface area contributed by atoms with Crippen molar-refractivity contribution in [3.05, 3.63) is 29.3 Å². The maximum absolute atomic E-state index is 9.85. The minimum Gasteiger partial charge on any atom is -0.389 e. The van der Waals surface area contributed by atoms with Gasteiger partial charge in [0.25, 0.3) is 0 Å². The molecule has 96 valence electrons. The number of anilines is 1. The highest BCUT2D eigenvalue weighted by atomic mass is 16.3. The van der Waals surface area contributed by atoms with Crippen LogP contribution < -0.4 is 4.90 Å². The number of hydrogen-bond acceptors (Lipinski definition) is 3. The Morgan fingerprint density at radius 3 is 2.67 bits per heavy atom. The zero-order valence-corrected chi connectivity index (χ0v) is 11.3. The van der Waals surface area contributed by atoms with E-state index < -0.39 is 6.10 Å². The first-order chi connectivity index (χ1) is 8.43. The van der Waals surface area contributed by atoms with Gasteiger partial charge in [-0.25, -0.2) is 0 Å². The fourth-order valence-electron chi connectivity index (χ4n) is 2.56. The number of rotatable bonds is 2. The van der Waals surface area contributed by atoms with Crippen molar-refractivity contribution in [1.82, 2.24) is 0 Å². The minimum atomic E-state index is -0.503. The number of hydrogen-bond donors (Lipinski definition) is 1. The summed E-state index contributed by atoms with van der Waals surface area (Å²) >= 11 is 0. The molecule has 3 heteroatoms. The third kappa shape index (κ3) is 2.49. The van der Waals surface area contributed by atoms with E-state index in [2.05, 4.69) is 24.8 Å². The van der Waals surface area contributed by atoms with Gasteiger partial charge in [0.1, 0.15) is 0 Å². The predicted molar refractivity (Wildman–Crippen MR) is 72.4 cm³/mol. The van der Waals surface area contributed by atoms with Gasteiger partial charge >= 0.3 is 0 Å². The second kappa shape index (κ2) is 4.62. The Bertz CT molecular complexity index is 486. The fourth-order valence-corrected chi connectivity index (χ4v) is 2.56. The molecule has 1 aliphatic rings. The van der Waals surface area contributed by atoms with Crippen molar-refractivity contribution in [3.63, 3.8) is 0 Å². The summed E-state index contributed by atoms with van der Waals surface area (Å²) in [6, 6.07) is 7.70. The van der Waals surface area contributed by atoms with Crippen molar-refractivity contribution in [2.24, 2.45) is 5.41 Å². The average molecular weight is 244 g/mol. The van der Waals surface area contributed by atoms with Gasteiger partial charge in [-0.05, 0) is 30.9 Å². The molecule has 0 spiro atoms. The monoisotopic (exact) mass is 244 g/mol. The van der Waals surface area contributed by atoms with E-state index in [9.17, 15) is 5.11 Å². The summed E-state index contributed by atoms with van der Waals surface area (Å²) in [5.41, 5.74) is 2.87. The van der Waals surface area contributed by atoms with Gasteiger partial charge in [-0.15, -0.1) is 0 Å². The van der Waals surface area contributed by atoms with Crippen molar-refractivity contribution in [2.75, 3.05) is 18.0 Å². The van der Waals surface area contributed by atoms with Crippen LogP contribution in [-0.4, -0.2) is 18.2 Å². The summed E-state index contributed by atoms with van der Waals surface area (Å²) in [5, 5.41) is 18.9. The topological polar surface area (TPSA) is 47.3 Å². The van der Waals surface area contributed by atoms with Crippen molar-refractivity contribution < 1.29 is 5.11 Å². The molecule has 1 atom stereocenters. The van der Waals surface area contributed by atoms with E-state index in [1.807, 2.05) is 12.1 Å². The number of aliphatic hydroxyl groups is 1. The summed E-state index contributed by atoms with van der Waals surface area (Å²) in [6.07, 6.45) is 0.639. The summed E-state index contributed by atoms with van der Waals surface area (Å²) in [6.45, 7) is 8.24. The average Bonchev–Trinajstić information content (AvgIpc) is 2.68. The van der Waals surface area contributed by atoms with E-state index in [0.717, 1.165) is 30.8 Å². The quantitative estimate of drug-likeness (QED) is 0.870. The molecule has 0 unspecified atom stereocenters. The van der Waals surface area contributed by atoms with Gasteiger partial charge in [0.2, 0.25) is 0 Å². The Hall–Kier alpha value is -1.53. The van der Waals surface area contributed by atoms with Crippen LogP contribution in [0.2, 0.25) is 0 Å². The van der Waals surface area contributed by atoms with Gasteiger partial charge in [-0.1, -0.05) is 19.9 Å². The van der Waals surface area contributed by atoms with E-state index in [4.69, 9.17) is 5.26 Å². The van der Waals surface area contributed by atoms with Crippen LogP contribution in [0.25, 0.3) is 0 Å². The molecule has 1 saturated heterocycles. The van der Waals surface area contributed by atoms with Crippen molar-refractivity contribution in [1.29, 1.82) is 5.26 Å². The van der Waals surface area contributed by atoms with E-state index in [1.54, 1.807) is 13.0 Å². The SMILES string of the molecule is C[C@H](O)c1ccc(C#N)cc1N1CCC(C)(C)C1. The van der Waals surface area contributed by atoms with Crippen LogP contribution in [-0.2, 0) is 0 Å². The van der Waals surface area contributed by atoms with Gasteiger partial charge in [0, 0.05) is 24.3 Å². The molecule has 0 amide bonds. The van der Waals surface area contributed by atoms with Gasteiger partial charge in [-0.2, -0.15) is 5.26 Å². The molecule has 0 aliphatic carbocycles. The molecule has 0 aromatic heterocycles. The van der Waals surface area contributed by atoms with Gasteiger partial charge in [0.15, 0.2) is 0 Å². The molecule has 1 aromatic rings. The van der Waals surface area contributed by atoms with Crippen LogP contribution in [0.4, 0.5) is 5.69 Å². The molecule has 1 fully saturated rings. The number of nitriles is 1. The Morgan fingerprint density at radius 1 is 1.44 bits per heavy atom. The standard InChI is InChI=1S/C15H20N2O/c1-11(18)13-5-4-12(9-16)8-14(13)17-7-6-15(2,3)10-17/h4-5,8,11,18H,6-7,10H2,1-3H3/t11-/m0/s1. The highest BCUT2D eigenvalue weighted by Gasteiger charge is 2.30. The van der Waals surface area contributed by atoms with Crippen LogP contribution in [0.1, 0.15) is 44.4 Å². The molecular weight excluding hydrogens is 224 g/mol. The van der Waals surface area contributed by atoms with Crippen LogP contribution in [0.3, 0.4) is 0 Å². The van der Waals surface area contributed by atoms with Crippen LogP contribution in [0.5, 0.6) is 0 Å². The van der Waals surface area contributed by atoms with E-state index in [0.29, 0.717) is 11.0 Å². The lowest BCUT2D eigenvalue weighted by molar-refractivity contribution is 0.199. The fraction of sp³-hybridized carbons (Fsp3) is 0.533. The first-order valence-corrected chi connectivity index (χ1v) is 6.40. The summed E-state index contributed by atoms with van der Waals surface area (Å²) in [5.74, 6) is 0. The van der Waals surface area contributed by atoms with E-state index in [-0.39, 0.29) is 0 Å². The zero-order valence-electron chi connectivity index (χ0n) is 11.3. The molecule has 1 heterocycles. The number of aliphatic hydroxyl groups excluding tert-OH is 1. The Balaban J connectivity index is 2.39. The Labute approximate surface area is 109 Å². The molecule has 1 aromatic carbocycles. The second-order valence-corrected chi connectivity index (χ2v) is 5.90. The summed E-state index contributed by atoms with van der Waals surface area (Å²) in [4.78, 5) is 2.28. The van der Waals surface area contributed by atoms with Gasteiger partial charge in [0.05, 0.1) is 17.7 Å². The molecule has 0 bridgehead atoms. The van der Waals surface area contributed by atoms with Crippen LogP contribution in [0, 0.1) is 16.7 Å². The highest BCUT2D eigenvalue weighted by Crippen LogP contribution is 2.36. The summed E-state index contributed by atoms with van der Waals surface area (Å²) < 4.78 is 0. The van der Waals surface area contributed by atoms with E-state index >= 15 is 0 Å².